The van der Waals surface area contributed by atoms with Gasteiger partial charge in [0.25, 0.3) is 0 Å². The van der Waals surface area contributed by atoms with Crippen LogP contribution in [0.4, 0.5) is 0 Å². The molecular weight excluding hydrogens is 266 g/mol. The predicted octanol–water partition coefficient (Wildman–Crippen LogP) is 2.50. The summed E-state index contributed by atoms with van der Waals surface area (Å²) < 4.78 is 11.2. The summed E-state index contributed by atoms with van der Waals surface area (Å²) in [7, 11) is 0. The summed E-state index contributed by atoms with van der Waals surface area (Å²) in [6.45, 7) is 3.03. The van der Waals surface area contributed by atoms with Crippen molar-refractivity contribution in [3.63, 3.8) is 0 Å². The molecule has 1 saturated carbocycles. The summed E-state index contributed by atoms with van der Waals surface area (Å²) in [5, 5.41) is 0. The Balaban J connectivity index is 1.61. The van der Waals surface area contributed by atoms with Crippen molar-refractivity contribution < 1.29 is 14.3 Å². The van der Waals surface area contributed by atoms with Crippen LogP contribution in [0.15, 0.2) is 18.2 Å². The van der Waals surface area contributed by atoms with Crippen LogP contribution in [0.1, 0.15) is 37.7 Å². The number of rotatable bonds is 2. The highest BCUT2D eigenvalue weighted by Gasteiger charge is 2.53. The van der Waals surface area contributed by atoms with E-state index in [4.69, 9.17) is 9.47 Å². The van der Waals surface area contributed by atoms with Gasteiger partial charge in [0, 0.05) is 13.1 Å². The highest BCUT2D eigenvalue weighted by atomic mass is 16.6. The molecule has 0 aromatic heterocycles. The lowest BCUT2D eigenvalue weighted by Crippen LogP contribution is -2.42. The second kappa shape index (κ2) is 4.93. The average Bonchev–Trinajstić information content (AvgIpc) is 3.36. The number of amides is 1. The minimum Gasteiger partial charge on any atom is -0.486 e. The normalized spacial score (nSPS) is 22.8. The molecule has 0 unspecified atom stereocenters. The average molecular weight is 287 g/mol. The number of ether oxygens (including phenoxy) is 2. The van der Waals surface area contributed by atoms with Crippen molar-refractivity contribution in [1.82, 2.24) is 4.90 Å². The molecule has 21 heavy (non-hydrogen) atoms. The fourth-order valence-corrected chi connectivity index (χ4v) is 3.49. The Morgan fingerprint density at radius 1 is 1.00 bits per heavy atom. The third kappa shape index (κ3) is 2.17. The van der Waals surface area contributed by atoms with Gasteiger partial charge in [-0.3, -0.25) is 4.79 Å². The lowest BCUT2D eigenvalue weighted by Gasteiger charge is -2.31. The van der Waals surface area contributed by atoms with Crippen molar-refractivity contribution in [2.24, 2.45) is 0 Å². The second-order valence-electron chi connectivity index (χ2n) is 6.29. The number of fused-ring (bicyclic) bond motifs is 1. The topological polar surface area (TPSA) is 38.8 Å². The minimum atomic E-state index is -0.285. The minimum absolute atomic E-state index is 0.285. The third-order valence-corrected chi connectivity index (χ3v) is 4.90. The molecule has 112 valence electrons. The van der Waals surface area contributed by atoms with Crippen LogP contribution in [-0.4, -0.2) is 37.1 Å². The molecule has 4 heteroatoms. The fraction of sp³-hybridized carbons (Fsp3) is 0.588. The highest BCUT2D eigenvalue weighted by Crippen LogP contribution is 2.51. The van der Waals surface area contributed by atoms with E-state index in [1.54, 1.807) is 0 Å². The lowest BCUT2D eigenvalue weighted by molar-refractivity contribution is -0.134. The zero-order chi connectivity index (χ0) is 14.3. The molecule has 1 saturated heterocycles. The maximum atomic E-state index is 12.9. The molecule has 1 aromatic carbocycles. The fourth-order valence-electron chi connectivity index (χ4n) is 3.49. The summed E-state index contributed by atoms with van der Waals surface area (Å²) in [6.07, 6.45) is 5.46. The summed E-state index contributed by atoms with van der Waals surface area (Å²) in [5.74, 6) is 1.90. The molecule has 2 heterocycles. The molecule has 0 bridgehead atoms. The second-order valence-corrected chi connectivity index (χ2v) is 6.29. The molecule has 1 aromatic rings. The van der Waals surface area contributed by atoms with E-state index in [9.17, 15) is 4.79 Å². The van der Waals surface area contributed by atoms with Crippen LogP contribution in [0, 0.1) is 0 Å². The zero-order valence-electron chi connectivity index (χ0n) is 12.3. The number of nitrogens with zero attached hydrogens (tertiary/aromatic N) is 1. The van der Waals surface area contributed by atoms with Gasteiger partial charge in [-0.2, -0.15) is 0 Å². The first-order chi connectivity index (χ1) is 10.3. The Kier molecular flexibility index (Phi) is 3.05. The van der Waals surface area contributed by atoms with Crippen molar-refractivity contribution in [2.45, 2.75) is 37.5 Å². The largest absolute Gasteiger partial charge is 0.486 e. The van der Waals surface area contributed by atoms with Gasteiger partial charge in [-0.1, -0.05) is 6.07 Å². The maximum absolute atomic E-state index is 12.9. The van der Waals surface area contributed by atoms with Crippen LogP contribution in [0.3, 0.4) is 0 Å². The van der Waals surface area contributed by atoms with Gasteiger partial charge in [0.15, 0.2) is 11.5 Å². The van der Waals surface area contributed by atoms with Crippen LogP contribution in [-0.2, 0) is 10.2 Å². The first-order valence-corrected chi connectivity index (χ1v) is 7.99. The molecule has 0 N–H and O–H groups in total. The Morgan fingerprint density at radius 3 is 2.43 bits per heavy atom. The van der Waals surface area contributed by atoms with Crippen molar-refractivity contribution in [1.29, 1.82) is 0 Å². The van der Waals surface area contributed by atoms with Gasteiger partial charge in [0.1, 0.15) is 13.2 Å². The van der Waals surface area contributed by atoms with Gasteiger partial charge in [-0.15, -0.1) is 0 Å². The molecular formula is C17H21NO3. The third-order valence-electron chi connectivity index (χ3n) is 4.90. The van der Waals surface area contributed by atoms with Gasteiger partial charge in [0.05, 0.1) is 5.41 Å². The van der Waals surface area contributed by atoms with Gasteiger partial charge in [0.2, 0.25) is 5.91 Å². The van der Waals surface area contributed by atoms with E-state index >= 15 is 0 Å². The summed E-state index contributed by atoms with van der Waals surface area (Å²) in [5.41, 5.74) is 0.815. The molecule has 1 aliphatic carbocycles. The van der Waals surface area contributed by atoms with Crippen LogP contribution < -0.4 is 9.47 Å². The molecule has 1 amide bonds. The van der Waals surface area contributed by atoms with E-state index < -0.39 is 0 Å². The number of likely N-dealkylation sites (tertiary alicyclic amines) is 1. The van der Waals surface area contributed by atoms with Crippen LogP contribution in [0.5, 0.6) is 11.5 Å². The maximum Gasteiger partial charge on any atom is 0.233 e. The standard InChI is InChI=1S/C17H21NO3/c19-16(18-8-2-1-3-9-18)17(6-7-17)13-4-5-14-15(12-13)21-11-10-20-14/h4-5,12H,1-3,6-11H2. The van der Waals surface area contributed by atoms with Crippen LogP contribution in [0.2, 0.25) is 0 Å². The van der Waals surface area contributed by atoms with E-state index in [1.807, 2.05) is 18.2 Å². The molecule has 0 radical (unpaired) electrons. The number of hydrogen-bond acceptors (Lipinski definition) is 3. The van der Waals surface area contributed by atoms with Crippen molar-refractivity contribution >= 4 is 5.91 Å². The SMILES string of the molecule is O=C(N1CCCCC1)C1(c2ccc3c(c2)OCCO3)CC1. The van der Waals surface area contributed by atoms with Gasteiger partial charge >= 0.3 is 0 Å². The zero-order valence-corrected chi connectivity index (χ0v) is 12.3. The Labute approximate surface area is 125 Å². The quantitative estimate of drug-likeness (QED) is 0.839. The molecule has 4 nitrogen and oxygen atoms in total. The molecule has 2 aliphatic heterocycles. The summed E-state index contributed by atoms with van der Waals surface area (Å²) in [4.78, 5) is 15.0. The molecule has 0 spiro atoms. The van der Waals surface area contributed by atoms with E-state index in [0.717, 1.165) is 55.8 Å². The van der Waals surface area contributed by atoms with Crippen LogP contribution >= 0.6 is 0 Å². The molecule has 4 rings (SSSR count). The Hall–Kier alpha value is -1.71. The van der Waals surface area contributed by atoms with Crippen molar-refractivity contribution in [3.8, 4) is 11.5 Å². The van der Waals surface area contributed by atoms with E-state index in [-0.39, 0.29) is 5.41 Å². The summed E-state index contributed by atoms with van der Waals surface area (Å²) in [6, 6.07) is 6.01. The number of carbonyl (C=O) groups excluding carboxylic acids is 1. The monoisotopic (exact) mass is 287 g/mol. The van der Waals surface area contributed by atoms with Crippen molar-refractivity contribution in [3.05, 3.63) is 23.8 Å². The van der Waals surface area contributed by atoms with Gasteiger partial charge in [-0.25, -0.2) is 0 Å². The first-order valence-electron chi connectivity index (χ1n) is 7.99. The first kappa shape index (κ1) is 13.0. The van der Waals surface area contributed by atoms with E-state index in [2.05, 4.69) is 4.90 Å². The lowest BCUT2D eigenvalue weighted by atomic mass is 9.93. The molecule has 0 atom stereocenters. The highest BCUT2D eigenvalue weighted by molar-refractivity contribution is 5.91. The van der Waals surface area contributed by atoms with E-state index in [0.29, 0.717) is 19.1 Å². The van der Waals surface area contributed by atoms with Crippen LogP contribution in [0.25, 0.3) is 0 Å². The smallest absolute Gasteiger partial charge is 0.233 e. The molecule has 2 fully saturated rings. The summed E-state index contributed by atoms with van der Waals surface area (Å²) >= 11 is 0. The predicted molar refractivity (Wildman–Crippen MR) is 78.8 cm³/mol. The Bertz CT molecular complexity index is 559. The van der Waals surface area contributed by atoms with Crippen molar-refractivity contribution in [2.75, 3.05) is 26.3 Å². The molecule has 3 aliphatic rings. The Morgan fingerprint density at radius 2 is 1.71 bits per heavy atom. The van der Waals surface area contributed by atoms with Gasteiger partial charge in [-0.05, 0) is 49.8 Å². The van der Waals surface area contributed by atoms with E-state index in [1.165, 1.54) is 6.42 Å². The number of piperidine rings is 1. The van der Waals surface area contributed by atoms with Gasteiger partial charge < -0.3 is 14.4 Å². The number of carbonyl (C=O) groups is 1. The number of hydrogen-bond donors (Lipinski definition) is 0. The number of benzene rings is 1.